The standard InChI is InChI=1S/C18H21FN2O2S/c1-24(22,23)18-8-6-16(7-9-18)21(17-10-11-20-12-17)13-14-2-4-15(19)5-3-14/h2-9,17,20H,10-13H2,1H3. The first-order valence-electron chi connectivity index (χ1n) is 7.95. The van der Waals surface area contributed by atoms with Gasteiger partial charge >= 0.3 is 0 Å². The monoisotopic (exact) mass is 348 g/mol. The van der Waals surface area contributed by atoms with E-state index in [0.29, 0.717) is 17.5 Å². The van der Waals surface area contributed by atoms with Crippen LogP contribution in [0.25, 0.3) is 0 Å². The Morgan fingerprint density at radius 2 is 1.79 bits per heavy atom. The quantitative estimate of drug-likeness (QED) is 0.902. The smallest absolute Gasteiger partial charge is 0.175 e. The number of sulfone groups is 1. The van der Waals surface area contributed by atoms with E-state index in [2.05, 4.69) is 10.2 Å². The van der Waals surface area contributed by atoms with Crippen molar-refractivity contribution >= 4 is 15.5 Å². The summed E-state index contributed by atoms with van der Waals surface area (Å²) in [5.74, 6) is -0.245. The summed E-state index contributed by atoms with van der Waals surface area (Å²) in [5, 5.41) is 3.36. The Labute approximate surface area is 142 Å². The van der Waals surface area contributed by atoms with Crippen molar-refractivity contribution in [3.63, 3.8) is 0 Å². The minimum Gasteiger partial charge on any atom is -0.363 e. The zero-order chi connectivity index (χ0) is 17.2. The van der Waals surface area contributed by atoms with Crippen LogP contribution < -0.4 is 10.2 Å². The highest BCUT2D eigenvalue weighted by Crippen LogP contribution is 2.24. The summed E-state index contributed by atoms with van der Waals surface area (Å²) >= 11 is 0. The third-order valence-electron chi connectivity index (χ3n) is 4.34. The van der Waals surface area contributed by atoms with E-state index in [1.54, 1.807) is 24.3 Å². The summed E-state index contributed by atoms with van der Waals surface area (Å²) in [4.78, 5) is 2.57. The molecule has 1 unspecified atom stereocenters. The molecule has 4 nitrogen and oxygen atoms in total. The topological polar surface area (TPSA) is 49.4 Å². The predicted molar refractivity (Wildman–Crippen MR) is 93.4 cm³/mol. The molecule has 0 aliphatic carbocycles. The molecule has 1 saturated heterocycles. The summed E-state index contributed by atoms with van der Waals surface area (Å²) in [7, 11) is -3.20. The van der Waals surface area contributed by atoms with Crippen molar-refractivity contribution in [1.82, 2.24) is 5.32 Å². The molecular weight excluding hydrogens is 327 g/mol. The van der Waals surface area contributed by atoms with Gasteiger partial charge in [0.2, 0.25) is 0 Å². The molecule has 0 spiro atoms. The number of rotatable bonds is 5. The highest BCUT2D eigenvalue weighted by molar-refractivity contribution is 7.90. The van der Waals surface area contributed by atoms with Gasteiger partial charge in [-0.2, -0.15) is 0 Å². The first-order valence-corrected chi connectivity index (χ1v) is 9.84. The molecule has 1 aliphatic heterocycles. The molecule has 1 fully saturated rings. The van der Waals surface area contributed by atoms with E-state index in [1.165, 1.54) is 18.4 Å². The third kappa shape index (κ3) is 3.94. The van der Waals surface area contributed by atoms with Crippen molar-refractivity contribution in [3.05, 3.63) is 59.9 Å². The van der Waals surface area contributed by atoms with Gasteiger partial charge in [0.1, 0.15) is 5.82 Å². The van der Waals surface area contributed by atoms with Crippen LogP contribution in [0.2, 0.25) is 0 Å². The van der Waals surface area contributed by atoms with E-state index in [-0.39, 0.29) is 5.82 Å². The maximum Gasteiger partial charge on any atom is 0.175 e. The molecule has 0 saturated carbocycles. The molecular formula is C18H21FN2O2S. The fourth-order valence-electron chi connectivity index (χ4n) is 3.01. The molecule has 1 aliphatic rings. The Morgan fingerprint density at radius 1 is 1.12 bits per heavy atom. The van der Waals surface area contributed by atoms with Crippen LogP contribution in [0.4, 0.5) is 10.1 Å². The van der Waals surface area contributed by atoms with Crippen LogP contribution in [0.3, 0.4) is 0 Å². The van der Waals surface area contributed by atoms with Crippen molar-refractivity contribution in [3.8, 4) is 0 Å². The second kappa shape index (κ2) is 6.91. The lowest BCUT2D eigenvalue weighted by Crippen LogP contribution is -2.36. The fraction of sp³-hybridized carbons (Fsp3) is 0.333. The van der Waals surface area contributed by atoms with E-state index in [9.17, 15) is 12.8 Å². The Bertz CT molecular complexity index is 783. The molecule has 128 valence electrons. The molecule has 0 radical (unpaired) electrons. The van der Waals surface area contributed by atoms with Crippen LogP contribution >= 0.6 is 0 Å². The fourth-order valence-corrected chi connectivity index (χ4v) is 3.64. The van der Waals surface area contributed by atoms with Gasteiger partial charge in [-0.15, -0.1) is 0 Å². The third-order valence-corrected chi connectivity index (χ3v) is 5.47. The molecule has 24 heavy (non-hydrogen) atoms. The van der Waals surface area contributed by atoms with Gasteiger partial charge in [0.15, 0.2) is 9.84 Å². The van der Waals surface area contributed by atoms with E-state index in [0.717, 1.165) is 30.8 Å². The normalized spacial score (nSPS) is 17.8. The minimum absolute atomic E-state index is 0.245. The van der Waals surface area contributed by atoms with Crippen LogP contribution in [-0.2, 0) is 16.4 Å². The summed E-state index contributed by atoms with van der Waals surface area (Å²) in [6, 6.07) is 13.8. The molecule has 0 aromatic heterocycles. The molecule has 2 aromatic carbocycles. The van der Waals surface area contributed by atoms with E-state index < -0.39 is 9.84 Å². The first kappa shape index (κ1) is 16.9. The molecule has 3 rings (SSSR count). The Hall–Kier alpha value is -1.92. The van der Waals surface area contributed by atoms with E-state index >= 15 is 0 Å². The number of hydrogen-bond donors (Lipinski definition) is 1. The van der Waals surface area contributed by atoms with Crippen molar-refractivity contribution < 1.29 is 12.8 Å². The zero-order valence-corrected chi connectivity index (χ0v) is 14.4. The molecule has 1 heterocycles. The average molecular weight is 348 g/mol. The minimum atomic E-state index is -3.20. The maximum absolute atomic E-state index is 13.1. The number of anilines is 1. The maximum atomic E-state index is 13.1. The van der Waals surface area contributed by atoms with Crippen LogP contribution in [-0.4, -0.2) is 33.8 Å². The van der Waals surface area contributed by atoms with Gasteiger partial charge in [0.05, 0.1) is 4.90 Å². The molecule has 1 atom stereocenters. The first-order chi connectivity index (χ1) is 11.4. The van der Waals surface area contributed by atoms with Crippen molar-refractivity contribution in [1.29, 1.82) is 0 Å². The lowest BCUT2D eigenvalue weighted by molar-refractivity contribution is 0.601. The number of hydrogen-bond acceptors (Lipinski definition) is 4. The van der Waals surface area contributed by atoms with Crippen LogP contribution in [0.15, 0.2) is 53.4 Å². The Balaban J connectivity index is 1.88. The summed E-state index contributed by atoms with van der Waals surface area (Å²) in [6.07, 6.45) is 2.23. The highest BCUT2D eigenvalue weighted by atomic mass is 32.2. The van der Waals surface area contributed by atoms with Crippen molar-refractivity contribution in [2.75, 3.05) is 24.2 Å². The highest BCUT2D eigenvalue weighted by Gasteiger charge is 2.23. The average Bonchev–Trinajstić information content (AvgIpc) is 3.08. The summed E-state index contributed by atoms with van der Waals surface area (Å²) in [6.45, 7) is 2.51. The lowest BCUT2D eigenvalue weighted by Gasteiger charge is -2.31. The van der Waals surface area contributed by atoms with Crippen LogP contribution in [0.1, 0.15) is 12.0 Å². The van der Waals surface area contributed by atoms with Gasteiger partial charge in [-0.3, -0.25) is 0 Å². The molecule has 2 aromatic rings. The molecule has 6 heteroatoms. The zero-order valence-electron chi connectivity index (χ0n) is 13.6. The van der Waals surface area contributed by atoms with Gasteiger partial charge in [0, 0.05) is 31.1 Å². The predicted octanol–water partition coefficient (Wildman–Crippen LogP) is 2.60. The van der Waals surface area contributed by atoms with Gasteiger partial charge in [-0.25, -0.2) is 12.8 Å². The Kier molecular flexibility index (Phi) is 4.87. The number of halogens is 1. The van der Waals surface area contributed by atoms with Gasteiger partial charge in [-0.1, -0.05) is 12.1 Å². The van der Waals surface area contributed by atoms with Crippen molar-refractivity contribution in [2.45, 2.75) is 23.9 Å². The van der Waals surface area contributed by atoms with Gasteiger partial charge in [0.25, 0.3) is 0 Å². The molecule has 0 bridgehead atoms. The second-order valence-corrected chi connectivity index (χ2v) is 8.18. The molecule has 0 amide bonds. The van der Waals surface area contributed by atoms with E-state index in [1.807, 2.05) is 12.1 Å². The Morgan fingerprint density at radius 3 is 2.33 bits per heavy atom. The SMILES string of the molecule is CS(=O)(=O)c1ccc(N(Cc2ccc(F)cc2)C2CCNC2)cc1. The summed E-state index contributed by atoms with van der Waals surface area (Å²) in [5.41, 5.74) is 2.00. The second-order valence-electron chi connectivity index (χ2n) is 6.17. The van der Waals surface area contributed by atoms with Crippen molar-refractivity contribution in [2.24, 2.45) is 0 Å². The largest absolute Gasteiger partial charge is 0.363 e. The number of benzene rings is 2. The van der Waals surface area contributed by atoms with Crippen LogP contribution in [0, 0.1) is 5.82 Å². The van der Waals surface area contributed by atoms with Gasteiger partial charge < -0.3 is 10.2 Å². The lowest BCUT2D eigenvalue weighted by atomic mass is 10.1. The van der Waals surface area contributed by atoms with Crippen LogP contribution in [0.5, 0.6) is 0 Å². The molecule has 1 N–H and O–H groups in total. The van der Waals surface area contributed by atoms with E-state index in [4.69, 9.17) is 0 Å². The van der Waals surface area contributed by atoms with Gasteiger partial charge in [-0.05, 0) is 54.9 Å². The number of nitrogens with one attached hydrogen (secondary N) is 1. The number of nitrogens with zero attached hydrogens (tertiary/aromatic N) is 1. The summed E-state index contributed by atoms with van der Waals surface area (Å²) < 4.78 is 36.4.